The molecule has 34 heavy (non-hydrogen) atoms. The third-order valence-corrected chi connectivity index (χ3v) is 5.64. The Labute approximate surface area is 197 Å². The molecule has 0 amide bonds. The zero-order valence-corrected chi connectivity index (χ0v) is 19.6. The van der Waals surface area contributed by atoms with E-state index in [0.29, 0.717) is 37.6 Å². The van der Waals surface area contributed by atoms with Gasteiger partial charge in [-0.3, -0.25) is 14.5 Å². The molecule has 1 N–H and O–H groups in total. The molecule has 2 heterocycles. The van der Waals surface area contributed by atoms with E-state index >= 15 is 0 Å². The zero-order chi connectivity index (χ0) is 24.1. The standard InChI is InChI=1S/C25H28N6O3/c1-4-34-23(32)16-31-22(27-28-29-31)15-30(13-19-10-8-17(2)9-11-19)14-21-12-20-7-5-6-18(3)24(20)26-25(21)33/h5-12H,4,13-16H2,1-3H3,(H,26,33). The number of esters is 1. The van der Waals surface area contributed by atoms with Gasteiger partial charge in [-0.05, 0) is 53.8 Å². The van der Waals surface area contributed by atoms with Crippen molar-refractivity contribution in [2.45, 2.75) is 47.0 Å². The predicted molar refractivity (Wildman–Crippen MR) is 128 cm³/mol. The number of aromatic amines is 1. The van der Waals surface area contributed by atoms with Crippen molar-refractivity contribution in [2.24, 2.45) is 0 Å². The molecule has 0 saturated carbocycles. The van der Waals surface area contributed by atoms with Gasteiger partial charge in [-0.1, -0.05) is 48.0 Å². The van der Waals surface area contributed by atoms with Crippen LogP contribution in [0.2, 0.25) is 0 Å². The number of carbonyl (C=O) groups is 1. The molecule has 9 nitrogen and oxygen atoms in total. The maximum absolute atomic E-state index is 12.9. The largest absolute Gasteiger partial charge is 0.465 e. The molecule has 0 atom stereocenters. The summed E-state index contributed by atoms with van der Waals surface area (Å²) < 4.78 is 6.47. The highest BCUT2D eigenvalue weighted by Crippen LogP contribution is 2.18. The summed E-state index contributed by atoms with van der Waals surface area (Å²) in [6.45, 7) is 7.32. The van der Waals surface area contributed by atoms with Gasteiger partial charge < -0.3 is 9.72 Å². The number of aromatic nitrogens is 5. The number of nitrogens with zero attached hydrogens (tertiary/aromatic N) is 5. The lowest BCUT2D eigenvalue weighted by Crippen LogP contribution is -2.28. The summed E-state index contributed by atoms with van der Waals surface area (Å²) >= 11 is 0. The first-order valence-corrected chi connectivity index (χ1v) is 11.2. The van der Waals surface area contributed by atoms with Crippen LogP contribution in [0.5, 0.6) is 0 Å². The summed E-state index contributed by atoms with van der Waals surface area (Å²) in [5, 5.41) is 12.8. The van der Waals surface area contributed by atoms with Crippen molar-refractivity contribution in [3.8, 4) is 0 Å². The number of rotatable bonds is 9. The fraction of sp³-hybridized carbons (Fsp3) is 0.320. The van der Waals surface area contributed by atoms with Gasteiger partial charge in [-0.15, -0.1) is 5.10 Å². The molecule has 0 bridgehead atoms. The van der Waals surface area contributed by atoms with Crippen LogP contribution in [0.3, 0.4) is 0 Å². The molecule has 0 radical (unpaired) electrons. The number of hydrogen-bond acceptors (Lipinski definition) is 7. The van der Waals surface area contributed by atoms with E-state index in [4.69, 9.17) is 4.74 Å². The van der Waals surface area contributed by atoms with E-state index in [9.17, 15) is 9.59 Å². The van der Waals surface area contributed by atoms with Gasteiger partial charge in [0.25, 0.3) is 5.56 Å². The minimum Gasteiger partial charge on any atom is -0.465 e. The van der Waals surface area contributed by atoms with Gasteiger partial charge >= 0.3 is 5.97 Å². The second-order valence-electron chi connectivity index (χ2n) is 8.35. The Kier molecular flexibility index (Phi) is 7.12. The van der Waals surface area contributed by atoms with Crippen molar-refractivity contribution in [3.05, 3.63) is 87.0 Å². The third-order valence-electron chi connectivity index (χ3n) is 5.64. The summed E-state index contributed by atoms with van der Waals surface area (Å²) in [5.74, 6) is 0.121. The average molecular weight is 461 g/mol. The molecular formula is C25H28N6O3. The Morgan fingerprint density at radius 1 is 1.09 bits per heavy atom. The Bertz CT molecular complexity index is 1340. The Morgan fingerprint density at radius 2 is 1.88 bits per heavy atom. The quantitative estimate of drug-likeness (QED) is 0.383. The van der Waals surface area contributed by atoms with E-state index in [1.165, 1.54) is 10.2 Å². The number of tetrazole rings is 1. The SMILES string of the molecule is CCOC(=O)Cn1nnnc1CN(Cc1ccc(C)cc1)Cc1cc2cccc(C)c2[nH]c1=O. The molecule has 0 saturated heterocycles. The molecule has 0 aliphatic rings. The second-order valence-corrected chi connectivity index (χ2v) is 8.35. The van der Waals surface area contributed by atoms with Gasteiger partial charge in [0, 0.05) is 18.7 Å². The van der Waals surface area contributed by atoms with Crippen LogP contribution in [0.15, 0.2) is 53.3 Å². The van der Waals surface area contributed by atoms with Crippen molar-refractivity contribution < 1.29 is 9.53 Å². The van der Waals surface area contributed by atoms with Crippen LogP contribution >= 0.6 is 0 Å². The Balaban J connectivity index is 1.63. The Morgan fingerprint density at radius 3 is 2.65 bits per heavy atom. The molecule has 0 aliphatic heterocycles. The number of ether oxygens (including phenoxy) is 1. The number of benzene rings is 2. The summed E-state index contributed by atoms with van der Waals surface area (Å²) in [4.78, 5) is 30.0. The minimum absolute atomic E-state index is 0.0651. The van der Waals surface area contributed by atoms with Crippen LogP contribution in [-0.2, 0) is 35.7 Å². The fourth-order valence-electron chi connectivity index (χ4n) is 3.89. The first-order valence-electron chi connectivity index (χ1n) is 11.2. The second kappa shape index (κ2) is 10.4. The van der Waals surface area contributed by atoms with Crippen LogP contribution < -0.4 is 5.56 Å². The van der Waals surface area contributed by atoms with Crippen LogP contribution in [0.4, 0.5) is 0 Å². The molecule has 0 aliphatic carbocycles. The number of nitrogens with one attached hydrogen (secondary N) is 1. The van der Waals surface area contributed by atoms with Crippen molar-refractivity contribution >= 4 is 16.9 Å². The lowest BCUT2D eigenvalue weighted by atomic mass is 10.1. The lowest BCUT2D eigenvalue weighted by molar-refractivity contribution is -0.144. The van der Waals surface area contributed by atoms with Crippen molar-refractivity contribution in [1.82, 2.24) is 30.1 Å². The number of para-hydroxylation sites is 1. The monoisotopic (exact) mass is 460 g/mol. The number of aryl methyl sites for hydroxylation is 2. The van der Waals surface area contributed by atoms with Gasteiger partial charge in [0.1, 0.15) is 6.54 Å². The summed E-state index contributed by atoms with van der Waals surface area (Å²) in [7, 11) is 0. The fourth-order valence-corrected chi connectivity index (χ4v) is 3.89. The minimum atomic E-state index is -0.400. The molecule has 2 aromatic heterocycles. The van der Waals surface area contributed by atoms with Crippen molar-refractivity contribution in [3.63, 3.8) is 0 Å². The van der Waals surface area contributed by atoms with Crippen molar-refractivity contribution in [1.29, 1.82) is 0 Å². The molecule has 0 fully saturated rings. The average Bonchev–Trinajstić information content (AvgIpc) is 3.23. The predicted octanol–water partition coefficient (Wildman–Crippen LogP) is 2.90. The maximum Gasteiger partial charge on any atom is 0.327 e. The van der Waals surface area contributed by atoms with E-state index in [-0.39, 0.29) is 12.1 Å². The molecule has 0 unspecified atom stereocenters. The number of fused-ring (bicyclic) bond motifs is 1. The topological polar surface area (TPSA) is 106 Å². The van der Waals surface area contributed by atoms with E-state index in [2.05, 4.69) is 49.7 Å². The molecule has 2 aromatic carbocycles. The molecule has 4 rings (SSSR count). The smallest absolute Gasteiger partial charge is 0.327 e. The van der Waals surface area contributed by atoms with E-state index in [1.54, 1.807) is 6.92 Å². The summed E-state index contributed by atoms with van der Waals surface area (Å²) in [6, 6.07) is 16.1. The number of H-pyrrole nitrogens is 1. The molecule has 176 valence electrons. The molecular weight excluding hydrogens is 432 g/mol. The van der Waals surface area contributed by atoms with Crippen LogP contribution in [0.1, 0.15) is 35.0 Å². The molecule has 0 spiro atoms. The first kappa shape index (κ1) is 23.3. The normalized spacial score (nSPS) is 11.3. The van der Waals surface area contributed by atoms with Gasteiger partial charge in [0.05, 0.1) is 18.7 Å². The third kappa shape index (κ3) is 5.55. The maximum atomic E-state index is 12.9. The number of carbonyl (C=O) groups excluding carboxylic acids is 1. The van der Waals surface area contributed by atoms with Gasteiger partial charge in [-0.2, -0.15) is 0 Å². The molecule has 4 aromatic rings. The van der Waals surface area contributed by atoms with Gasteiger partial charge in [-0.25, -0.2) is 4.68 Å². The summed E-state index contributed by atoms with van der Waals surface area (Å²) in [5.41, 5.74) is 4.67. The van der Waals surface area contributed by atoms with E-state index < -0.39 is 5.97 Å². The first-order chi connectivity index (χ1) is 16.4. The Hall–Kier alpha value is -3.85. The van der Waals surface area contributed by atoms with E-state index in [0.717, 1.165) is 22.0 Å². The number of hydrogen-bond donors (Lipinski definition) is 1. The van der Waals surface area contributed by atoms with Crippen molar-refractivity contribution in [2.75, 3.05) is 6.61 Å². The number of pyridine rings is 1. The van der Waals surface area contributed by atoms with Crippen LogP contribution in [0, 0.1) is 13.8 Å². The highest BCUT2D eigenvalue weighted by molar-refractivity contribution is 5.81. The van der Waals surface area contributed by atoms with Gasteiger partial charge in [0.2, 0.25) is 0 Å². The van der Waals surface area contributed by atoms with E-state index in [1.807, 2.05) is 38.1 Å². The van der Waals surface area contributed by atoms with Gasteiger partial charge in [0.15, 0.2) is 5.82 Å². The summed E-state index contributed by atoms with van der Waals surface area (Å²) in [6.07, 6.45) is 0. The van der Waals surface area contributed by atoms with Crippen LogP contribution in [0.25, 0.3) is 10.9 Å². The highest BCUT2D eigenvalue weighted by Gasteiger charge is 2.17. The van der Waals surface area contributed by atoms with Crippen LogP contribution in [-0.4, -0.2) is 42.7 Å². The zero-order valence-electron chi connectivity index (χ0n) is 19.6. The lowest BCUT2D eigenvalue weighted by Gasteiger charge is -2.22. The highest BCUT2D eigenvalue weighted by atomic mass is 16.5. The molecule has 9 heteroatoms.